The fourth-order valence-corrected chi connectivity index (χ4v) is 3.17. The zero-order valence-corrected chi connectivity index (χ0v) is 9.86. The number of nitriles is 1. The molecule has 2 rings (SSSR count). The van der Waals surface area contributed by atoms with Crippen LogP contribution in [0.5, 0.6) is 0 Å². The third-order valence-electron chi connectivity index (χ3n) is 2.82. The van der Waals surface area contributed by atoms with E-state index in [1.54, 1.807) is 10.4 Å². The van der Waals surface area contributed by atoms with Crippen molar-refractivity contribution in [1.82, 2.24) is 5.32 Å². The predicted octanol–water partition coefficient (Wildman–Crippen LogP) is 2.63. The lowest BCUT2D eigenvalue weighted by Gasteiger charge is -2.08. The number of thiophene rings is 1. The largest absolute Gasteiger partial charge is 0.308 e. The van der Waals surface area contributed by atoms with E-state index in [4.69, 9.17) is 5.26 Å². The molecular weight excluding hydrogens is 204 g/mol. The number of hydrogen-bond acceptors (Lipinski definition) is 3. The fraction of sp³-hybridized carbons (Fsp3) is 0.583. The van der Waals surface area contributed by atoms with E-state index >= 15 is 0 Å². The molecule has 1 aliphatic rings. The summed E-state index contributed by atoms with van der Waals surface area (Å²) >= 11 is 1.94. The van der Waals surface area contributed by atoms with Gasteiger partial charge in [0.15, 0.2) is 0 Å². The number of fused-ring (bicyclic) bond motifs is 1. The molecule has 1 aliphatic carbocycles. The Kier molecular flexibility index (Phi) is 3.40. The SMILES string of the molecule is CC(CC#N)NCc1cc2c(s1)CCC2. The summed E-state index contributed by atoms with van der Waals surface area (Å²) in [6, 6.07) is 4.81. The molecule has 1 aromatic heterocycles. The first kappa shape index (κ1) is 10.7. The van der Waals surface area contributed by atoms with Gasteiger partial charge in [-0.05, 0) is 37.8 Å². The third-order valence-corrected chi connectivity index (χ3v) is 4.06. The molecule has 1 heterocycles. The molecule has 0 bridgehead atoms. The summed E-state index contributed by atoms with van der Waals surface area (Å²) < 4.78 is 0. The maximum Gasteiger partial charge on any atom is 0.0638 e. The van der Waals surface area contributed by atoms with Crippen molar-refractivity contribution in [2.24, 2.45) is 0 Å². The van der Waals surface area contributed by atoms with Crippen LogP contribution in [-0.4, -0.2) is 6.04 Å². The van der Waals surface area contributed by atoms with Gasteiger partial charge in [0.25, 0.3) is 0 Å². The van der Waals surface area contributed by atoms with Crippen LogP contribution >= 0.6 is 11.3 Å². The summed E-state index contributed by atoms with van der Waals surface area (Å²) in [5.74, 6) is 0. The van der Waals surface area contributed by atoms with E-state index in [-0.39, 0.29) is 0 Å². The molecule has 0 radical (unpaired) electrons. The van der Waals surface area contributed by atoms with Gasteiger partial charge in [0.2, 0.25) is 0 Å². The van der Waals surface area contributed by atoms with Crippen LogP contribution in [-0.2, 0) is 19.4 Å². The van der Waals surface area contributed by atoms with Crippen molar-refractivity contribution in [2.75, 3.05) is 0 Å². The quantitative estimate of drug-likeness (QED) is 0.846. The lowest BCUT2D eigenvalue weighted by Crippen LogP contribution is -2.24. The Morgan fingerprint density at radius 3 is 3.20 bits per heavy atom. The van der Waals surface area contributed by atoms with Crippen LogP contribution in [0.4, 0.5) is 0 Å². The molecule has 1 unspecified atom stereocenters. The van der Waals surface area contributed by atoms with Crippen molar-refractivity contribution in [3.63, 3.8) is 0 Å². The number of rotatable bonds is 4. The molecule has 0 saturated heterocycles. The zero-order chi connectivity index (χ0) is 10.7. The van der Waals surface area contributed by atoms with Gasteiger partial charge in [0, 0.05) is 22.3 Å². The topological polar surface area (TPSA) is 35.8 Å². The molecule has 0 amide bonds. The van der Waals surface area contributed by atoms with Crippen molar-refractivity contribution in [1.29, 1.82) is 5.26 Å². The Morgan fingerprint density at radius 2 is 2.47 bits per heavy atom. The highest BCUT2D eigenvalue weighted by atomic mass is 32.1. The van der Waals surface area contributed by atoms with Gasteiger partial charge < -0.3 is 5.32 Å². The Hall–Kier alpha value is -0.850. The molecular formula is C12H16N2S. The van der Waals surface area contributed by atoms with Gasteiger partial charge in [-0.15, -0.1) is 11.3 Å². The molecule has 0 saturated carbocycles. The summed E-state index contributed by atoms with van der Waals surface area (Å²) in [7, 11) is 0. The lowest BCUT2D eigenvalue weighted by atomic mass is 10.2. The molecule has 0 fully saturated rings. The molecule has 0 aliphatic heterocycles. The number of hydrogen-bond donors (Lipinski definition) is 1. The molecule has 80 valence electrons. The molecule has 2 nitrogen and oxygen atoms in total. The van der Waals surface area contributed by atoms with E-state index < -0.39 is 0 Å². The maximum atomic E-state index is 8.54. The second-order valence-electron chi connectivity index (χ2n) is 4.16. The monoisotopic (exact) mass is 220 g/mol. The van der Waals surface area contributed by atoms with Crippen LogP contribution < -0.4 is 5.32 Å². The normalized spacial score (nSPS) is 16.0. The lowest BCUT2D eigenvalue weighted by molar-refractivity contribution is 0.561. The number of nitrogens with zero attached hydrogens (tertiary/aromatic N) is 1. The molecule has 1 atom stereocenters. The van der Waals surface area contributed by atoms with Crippen LogP contribution in [0.3, 0.4) is 0 Å². The predicted molar refractivity (Wildman–Crippen MR) is 62.9 cm³/mol. The van der Waals surface area contributed by atoms with Gasteiger partial charge >= 0.3 is 0 Å². The third kappa shape index (κ3) is 2.58. The van der Waals surface area contributed by atoms with E-state index in [1.807, 2.05) is 11.3 Å². The van der Waals surface area contributed by atoms with E-state index in [2.05, 4.69) is 24.4 Å². The average molecular weight is 220 g/mol. The molecule has 0 spiro atoms. The minimum Gasteiger partial charge on any atom is -0.308 e. The van der Waals surface area contributed by atoms with Gasteiger partial charge in [-0.2, -0.15) is 5.26 Å². The van der Waals surface area contributed by atoms with Crippen molar-refractivity contribution in [3.05, 3.63) is 21.4 Å². The second kappa shape index (κ2) is 4.78. The summed E-state index contributed by atoms with van der Waals surface area (Å²) in [6.45, 7) is 2.98. The zero-order valence-electron chi connectivity index (χ0n) is 9.05. The summed E-state index contributed by atoms with van der Waals surface area (Å²) in [4.78, 5) is 3.00. The van der Waals surface area contributed by atoms with Crippen molar-refractivity contribution < 1.29 is 0 Å². The van der Waals surface area contributed by atoms with Crippen molar-refractivity contribution >= 4 is 11.3 Å². The highest BCUT2D eigenvalue weighted by Gasteiger charge is 2.14. The molecule has 3 heteroatoms. The molecule has 1 N–H and O–H groups in total. The van der Waals surface area contributed by atoms with E-state index in [0.717, 1.165) is 6.54 Å². The smallest absolute Gasteiger partial charge is 0.0638 e. The summed E-state index contributed by atoms with van der Waals surface area (Å²) in [6.07, 6.45) is 4.46. The minimum absolute atomic E-state index is 0.298. The van der Waals surface area contributed by atoms with Gasteiger partial charge in [-0.1, -0.05) is 0 Å². The fourth-order valence-electron chi connectivity index (χ4n) is 1.96. The van der Waals surface area contributed by atoms with Crippen LogP contribution in [0.25, 0.3) is 0 Å². The standard InChI is InChI=1S/C12H16N2S/c1-9(5-6-13)14-8-11-7-10-3-2-4-12(10)15-11/h7,9,14H,2-5,8H2,1H3. The Bertz CT molecular complexity index is 354. The van der Waals surface area contributed by atoms with Crippen molar-refractivity contribution in [3.8, 4) is 6.07 Å². The Balaban J connectivity index is 1.87. The van der Waals surface area contributed by atoms with Crippen molar-refractivity contribution in [2.45, 2.75) is 45.2 Å². The minimum atomic E-state index is 0.298. The van der Waals surface area contributed by atoms with Crippen LogP contribution in [0.1, 0.15) is 35.1 Å². The molecule has 1 aromatic rings. The second-order valence-corrected chi connectivity index (χ2v) is 5.38. The van der Waals surface area contributed by atoms with Gasteiger partial charge in [0.1, 0.15) is 0 Å². The van der Waals surface area contributed by atoms with Gasteiger partial charge in [0.05, 0.1) is 12.5 Å². The van der Waals surface area contributed by atoms with E-state index in [0.29, 0.717) is 12.5 Å². The van der Waals surface area contributed by atoms with E-state index in [1.165, 1.54) is 24.1 Å². The van der Waals surface area contributed by atoms with E-state index in [9.17, 15) is 0 Å². The molecule has 15 heavy (non-hydrogen) atoms. The average Bonchev–Trinajstić information content (AvgIpc) is 2.74. The number of nitrogens with one attached hydrogen (secondary N) is 1. The summed E-state index contributed by atoms with van der Waals surface area (Å²) in [5.41, 5.74) is 1.56. The van der Waals surface area contributed by atoms with Gasteiger partial charge in [-0.25, -0.2) is 0 Å². The first-order chi connectivity index (χ1) is 7.29. The highest BCUT2D eigenvalue weighted by molar-refractivity contribution is 7.12. The van der Waals surface area contributed by atoms with Crippen LogP contribution in [0, 0.1) is 11.3 Å². The first-order valence-electron chi connectivity index (χ1n) is 5.50. The van der Waals surface area contributed by atoms with Crippen LogP contribution in [0.2, 0.25) is 0 Å². The number of aryl methyl sites for hydroxylation is 2. The highest BCUT2D eigenvalue weighted by Crippen LogP contribution is 2.30. The summed E-state index contributed by atoms with van der Waals surface area (Å²) in [5, 5.41) is 11.9. The first-order valence-corrected chi connectivity index (χ1v) is 6.32. The Labute approximate surface area is 94.9 Å². The van der Waals surface area contributed by atoms with Crippen LogP contribution in [0.15, 0.2) is 6.07 Å². The maximum absolute atomic E-state index is 8.54. The van der Waals surface area contributed by atoms with Gasteiger partial charge in [-0.3, -0.25) is 0 Å². The molecule has 0 aromatic carbocycles. The Morgan fingerprint density at radius 1 is 1.60 bits per heavy atom.